The number of hydrogen-bond acceptors (Lipinski definition) is 6. The molecule has 0 radical (unpaired) electrons. The van der Waals surface area contributed by atoms with Crippen LogP contribution in [-0.2, 0) is 0 Å². The van der Waals surface area contributed by atoms with Gasteiger partial charge in [0, 0.05) is 15.7 Å². The predicted molar refractivity (Wildman–Crippen MR) is 169 cm³/mol. The molecule has 1 N–H and O–H groups in total. The zero-order valence-electron chi connectivity index (χ0n) is 22.2. The summed E-state index contributed by atoms with van der Waals surface area (Å²) in [4.78, 5) is 12.6. The van der Waals surface area contributed by atoms with Crippen molar-refractivity contribution in [3.8, 4) is 11.4 Å². The van der Waals surface area contributed by atoms with Gasteiger partial charge in [-0.15, -0.1) is 0 Å². The molecule has 41 heavy (non-hydrogen) atoms. The van der Waals surface area contributed by atoms with Crippen LogP contribution in [0.1, 0.15) is 22.9 Å². The van der Waals surface area contributed by atoms with Gasteiger partial charge in [-0.3, -0.25) is 0 Å². The van der Waals surface area contributed by atoms with Crippen molar-refractivity contribution in [2.24, 2.45) is 9.98 Å². The molecule has 1 aromatic heterocycles. The fraction of sp³-hybridized carbons (Fsp3) is 0.0938. The van der Waals surface area contributed by atoms with Crippen molar-refractivity contribution < 1.29 is 4.74 Å². The van der Waals surface area contributed by atoms with Gasteiger partial charge in [0.2, 0.25) is 0 Å². The van der Waals surface area contributed by atoms with Gasteiger partial charge in [0.05, 0.1) is 40.9 Å². The number of halogens is 2. The number of nitrogens with one attached hydrogen (secondary N) is 1. The Labute approximate surface area is 250 Å². The molecule has 7 rings (SSSR count). The van der Waals surface area contributed by atoms with E-state index >= 15 is 0 Å². The third-order valence-corrected chi connectivity index (χ3v) is 8.01. The lowest BCUT2D eigenvalue weighted by molar-refractivity contribution is 0.415. The van der Waals surface area contributed by atoms with E-state index in [0.29, 0.717) is 22.4 Å². The zero-order chi connectivity index (χ0) is 28.1. The number of aliphatic imine (C=N–C) groups is 2. The van der Waals surface area contributed by atoms with Crippen molar-refractivity contribution in [2.45, 2.75) is 13.0 Å². The van der Waals surface area contributed by atoms with Gasteiger partial charge in [-0.25, -0.2) is 14.7 Å². The van der Waals surface area contributed by atoms with Crippen molar-refractivity contribution in [3.63, 3.8) is 0 Å². The largest absolute Gasteiger partial charge is 0.495 e. The molecule has 0 spiro atoms. The average Bonchev–Trinajstić information content (AvgIpc) is 3.32. The number of benzene rings is 4. The van der Waals surface area contributed by atoms with Gasteiger partial charge in [0.25, 0.3) is 0 Å². The smallest absolute Gasteiger partial charge is 0.179 e. The Balaban J connectivity index is 1.48. The first-order valence-electron chi connectivity index (χ1n) is 13.1. The number of nitrogens with zero attached hydrogens (tertiary/aromatic N) is 5. The highest BCUT2D eigenvalue weighted by atomic mass is 79.9. The third-order valence-electron chi connectivity index (χ3n) is 7.22. The molecule has 0 fully saturated rings. The summed E-state index contributed by atoms with van der Waals surface area (Å²) in [6.45, 7) is 2.05. The van der Waals surface area contributed by atoms with E-state index < -0.39 is 0 Å². The van der Waals surface area contributed by atoms with Crippen molar-refractivity contribution in [2.75, 3.05) is 17.3 Å². The number of anilines is 2. The Morgan fingerprint density at radius 1 is 0.902 bits per heavy atom. The monoisotopic (exact) mass is 622 g/mol. The molecule has 202 valence electrons. The van der Waals surface area contributed by atoms with E-state index in [4.69, 9.17) is 31.4 Å². The van der Waals surface area contributed by atoms with E-state index in [2.05, 4.69) is 50.4 Å². The van der Waals surface area contributed by atoms with Crippen LogP contribution in [0.3, 0.4) is 0 Å². The Kier molecular flexibility index (Phi) is 6.37. The molecule has 3 heterocycles. The number of amidine groups is 2. The molecule has 1 atom stereocenters. The summed E-state index contributed by atoms with van der Waals surface area (Å²) in [5.41, 5.74) is 6.57. The first-order valence-corrected chi connectivity index (χ1v) is 14.3. The van der Waals surface area contributed by atoms with Gasteiger partial charge in [0.15, 0.2) is 17.5 Å². The molecule has 7 nitrogen and oxygen atoms in total. The second-order valence-corrected chi connectivity index (χ2v) is 11.1. The van der Waals surface area contributed by atoms with Crippen LogP contribution in [0.15, 0.2) is 112 Å². The average molecular weight is 624 g/mol. The molecule has 2 aliphatic heterocycles. The van der Waals surface area contributed by atoms with E-state index in [0.717, 1.165) is 49.9 Å². The molecule has 9 heteroatoms. The molecular formula is C32H24BrClN6O. The number of aryl methyl sites for hydroxylation is 1. The van der Waals surface area contributed by atoms with E-state index in [9.17, 15) is 0 Å². The van der Waals surface area contributed by atoms with E-state index in [-0.39, 0.29) is 6.04 Å². The Hall–Kier alpha value is -4.40. The molecule has 0 bridgehead atoms. The van der Waals surface area contributed by atoms with Crippen LogP contribution in [0.4, 0.5) is 22.9 Å². The lowest BCUT2D eigenvalue weighted by Crippen LogP contribution is -2.46. The Morgan fingerprint density at radius 3 is 2.49 bits per heavy atom. The second kappa shape index (κ2) is 10.2. The van der Waals surface area contributed by atoms with Gasteiger partial charge in [-0.1, -0.05) is 70.0 Å². The molecule has 0 saturated carbocycles. The van der Waals surface area contributed by atoms with Crippen LogP contribution in [-0.4, -0.2) is 28.6 Å². The lowest BCUT2D eigenvalue weighted by atomic mass is 9.93. The lowest BCUT2D eigenvalue weighted by Gasteiger charge is -2.40. The summed E-state index contributed by atoms with van der Waals surface area (Å²) in [7, 11) is 1.60. The second-order valence-electron chi connectivity index (χ2n) is 9.76. The minimum Gasteiger partial charge on any atom is -0.495 e. The molecule has 2 aliphatic rings. The van der Waals surface area contributed by atoms with Gasteiger partial charge in [0.1, 0.15) is 5.75 Å². The number of ether oxygens (including phenoxy) is 1. The number of aromatic nitrogens is 2. The van der Waals surface area contributed by atoms with Crippen LogP contribution in [0, 0.1) is 6.92 Å². The minimum atomic E-state index is -0.208. The van der Waals surface area contributed by atoms with Gasteiger partial charge < -0.3 is 15.0 Å². The first kappa shape index (κ1) is 25.6. The Morgan fingerprint density at radius 2 is 1.71 bits per heavy atom. The maximum atomic E-state index is 6.48. The fourth-order valence-electron chi connectivity index (χ4n) is 5.42. The van der Waals surface area contributed by atoms with Crippen LogP contribution in [0.25, 0.3) is 5.69 Å². The zero-order valence-corrected chi connectivity index (χ0v) is 24.6. The Bertz CT molecular complexity index is 1870. The van der Waals surface area contributed by atoms with Crippen LogP contribution < -0.4 is 15.0 Å². The fourth-order valence-corrected chi connectivity index (χ4v) is 6.09. The molecule has 0 saturated heterocycles. The van der Waals surface area contributed by atoms with Crippen molar-refractivity contribution in [1.82, 2.24) is 9.78 Å². The summed E-state index contributed by atoms with van der Waals surface area (Å²) < 4.78 is 8.27. The molecule has 4 aromatic carbocycles. The number of hydrogen-bond donors (Lipinski definition) is 1. The maximum absolute atomic E-state index is 6.48. The highest BCUT2D eigenvalue weighted by Crippen LogP contribution is 2.48. The SMILES string of the molecule is COc1ccc(NC2=Nc3ccccc3N3C2=Nc2c(c(C)nn2-c2ccccc2)C3c2cccc(Br)c2)cc1Cl. The van der Waals surface area contributed by atoms with Gasteiger partial charge >= 0.3 is 0 Å². The van der Waals surface area contributed by atoms with E-state index in [1.165, 1.54) is 0 Å². The quantitative estimate of drug-likeness (QED) is 0.218. The summed E-state index contributed by atoms with van der Waals surface area (Å²) in [5, 5.41) is 8.99. The van der Waals surface area contributed by atoms with Crippen molar-refractivity contribution in [1.29, 1.82) is 0 Å². The summed E-state index contributed by atoms with van der Waals surface area (Å²) in [6.07, 6.45) is 0. The van der Waals surface area contributed by atoms with Crippen LogP contribution in [0.2, 0.25) is 5.02 Å². The summed E-state index contributed by atoms with van der Waals surface area (Å²) in [5.74, 6) is 2.66. The summed E-state index contributed by atoms with van der Waals surface area (Å²) in [6, 6.07) is 32.0. The van der Waals surface area contributed by atoms with Crippen LogP contribution in [0.5, 0.6) is 5.75 Å². The topological polar surface area (TPSA) is 67.0 Å². The summed E-state index contributed by atoms with van der Waals surface area (Å²) >= 11 is 10.2. The molecule has 0 aliphatic carbocycles. The van der Waals surface area contributed by atoms with Crippen LogP contribution >= 0.6 is 27.5 Å². The first-order chi connectivity index (χ1) is 20.0. The highest BCUT2D eigenvalue weighted by molar-refractivity contribution is 9.10. The number of rotatable bonds is 4. The van der Waals surface area contributed by atoms with Crippen molar-refractivity contribution >= 4 is 62.1 Å². The number of para-hydroxylation sites is 3. The van der Waals surface area contributed by atoms with Gasteiger partial charge in [-0.2, -0.15) is 5.10 Å². The minimum absolute atomic E-state index is 0.208. The molecular weight excluding hydrogens is 600 g/mol. The molecule has 1 unspecified atom stereocenters. The standard InChI is InChI=1S/C32H24BrClN6O/c1-19-28-29(20-9-8-10-21(33)17-20)39-26-14-7-6-13-25(26)36-30(35-22-15-16-27(41-2)24(34)18-22)32(39)37-31(28)40(38-19)23-11-4-3-5-12-23/h3-18,29H,1-2H3,(H,35,36). The third kappa shape index (κ3) is 4.40. The van der Waals surface area contributed by atoms with E-state index in [1.807, 2.05) is 84.4 Å². The highest BCUT2D eigenvalue weighted by Gasteiger charge is 2.41. The maximum Gasteiger partial charge on any atom is 0.179 e. The van der Waals surface area contributed by atoms with Crippen molar-refractivity contribution in [3.05, 3.63) is 123 Å². The van der Waals surface area contributed by atoms with E-state index in [1.54, 1.807) is 7.11 Å². The number of fused-ring (bicyclic) bond motifs is 4. The van der Waals surface area contributed by atoms with Gasteiger partial charge in [-0.05, 0) is 67.1 Å². The number of methoxy groups -OCH3 is 1. The predicted octanol–water partition coefficient (Wildman–Crippen LogP) is 8.40. The normalized spacial score (nSPS) is 15.3. The molecule has 5 aromatic rings. The molecule has 0 amide bonds.